The van der Waals surface area contributed by atoms with Crippen molar-refractivity contribution in [2.45, 2.75) is 47.1 Å². The first-order valence-electron chi connectivity index (χ1n) is 7.65. The minimum Gasteiger partial charge on any atom is -0.310 e. The zero-order chi connectivity index (χ0) is 14.3. The minimum atomic E-state index is 0.478. The quantitative estimate of drug-likeness (QED) is 0.768. The molecule has 0 fully saturated rings. The number of aryl methyl sites for hydroxylation is 2. The summed E-state index contributed by atoms with van der Waals surface area (Å²) in [5.74, 6) is 0. The van der Waals surface area contributed by atoms with Crippen molar-refractivity contribution in [1.29, 1.82) is 0 Å². The summed E-state index contributed by atoms with van der Waals surface area (Å²) in [7, 11) is 0. The van der Waals surface area contributed by atoms with E-state index in [0.29, 0.717) is 6.04 Å². The molecular formula is C17H30N2. The van der Waals surface area contributed by atoms with E-state index in [1.807, 2.05) is 0 Å². The van der Waals surface area contributed by atoms with Crippen LogP contribution in [0.3, 0.4) is 0 Å². The molecule has 0 aliphatic carbocycles. The van der Waals surface area contributed by atoms with Crippen LogP contribution in [0.5, 0.6) is 0 Å². The molecule has 0 radical (unpaired) electrons. The van der Waals surface area contributed by atoms with Crippen LogP contribution in [0, 0.1) is 13.8 Å². The third-order valence-electron chi connectivity index (χ3n) is 3.88. The van der Waals surface area contributed by atoms with Gasteiger partial charge in [0.2, 0.25) is 0 Å². The second-order valence-corrected chi connectivity index (χ2v) is 5.29. The van der Waals surface area contributed by atoms with Gasteiger partial charge >= 0.3 is 0 Å². The Morgan fingerprint density at radius 1 is 1.11 bits per heavy atom. The van der Waals surface area contributed by atoms with Crippen molar-refractivity contribution < 1.29 is 0 Å². The molecule has 0 heterocycles. The maximum Gasteiger partial charge on any atom is 0.0334 e. The summed E-state index contributed by atoms with van der Waals surface area (Å²) < 4.78 is 0. The van der Waals surface area contributed by atoms with Gasteiger partial charge in [-0.15, -0.1) is 0 Å². The van der Waals surface area contributed by atoms with E-state index < -0.39 is 0 Å². The normalized spacial score (nSPS) is 12.9. The van der Waals surface area contributed by atoms with Crippen LogP contribution in [0.15, 0.2) is 18.2 Å². The lowest BCUT2D eigenvalue weighted by atomic mass is 9.97. The van der Waals surface area contributed by atoms with Gasteiger partial charge in [-0.2, -0.15) is 0 Å². The molecule has 0 amide bonds. The smallest absolute Gasteiger partial charge is 0.0334 e. The predicted molar refractivity (Wildman–Crippen MR) is 84.7 cm³/mol. The first-order valence-corrected chi connectivity index (χ1v) is 7.65. The summed E-state index contributed by atoms with van der Waals surface area (Å²) in [6.45, 7) is 15.5. The van der Waals surface area contributed by atoms with Crippen LogP contribution < -0.4 is 5.32 Å². The highest BCUT2D eigenvalue weighted by atomic mass is 15.1. The highest BCUT2D eigenvalue weighted by Crippen LogP contribution is 2.22. The van der Waals surface area contributed by atoms with E-state index in [-0.39, 0.29) is 0 Å². The van der Waals surface area contributed by atoms with Gasteiger partial charge in [-0.1, -0.05) is 44.5 Å². The molecule has 2 nitrogen and oxygen atoms in total. The molecule has 0 bridgehead atoms. The lowest BCUT2D eigenvalue weighted by molar-refractivity contribution is 0.282. The van der Waals surface area contributed by atoms with Crippen LogP contribution in [0.25, 0.3) is 0 Å². The second-order valence-electron chi connectivity index (χ2n) is 5.29. The van der Waals surface area contributed by atoms with Crippen molar-refractivity contribution in [1.82, 2.24) is 10.2 Å². The van der Waals surface area contributed by atoms with E-state index in [1.54, 1.807) is 0 Å². The van der Waals surface area contributed by atoms with Crippen LogP contribution >= 0.6 is 0 Å². The van der Waals surface area contributed by atoms with Crippen molar-refractivity contribution in [3.05, 3.63) is 34.9 Å². The maximum absolute atomic E-state index is 3.64. The third kappa shape index (κ3) is 4.96. The van der Waals surface area contributed by atoms with E-state index in [0.717, 1.165) is 26.2 Å². The van der Waals surface area contributed by atoms with E-state index in [9.17, 15) is 0 Å². The summed E-state index contributed by atoms with van der Waals surface area (Å²) >= 11 is 0. The molecule has 1 N–H and O–H groups in total. The molecule has 1 unspecified atom stereocenters. The predicted octanol–water partition coefficient (Wildman–Crippen LogP) is 3.69. The van der Waals surface area contributed by atoms with Crippen molar-refractivity contribution >= 4 is 0 Å². The van der Waals surface area contributed by atoms with Gasteiger partial charge in [0.1, 0.15) is 0 Å². The van der Waals surface area contributed by atoms with E-state index in [1.165, 1.54) is 23.1 Å². The van der Waals surface area contributed by atoms with E-state index >= 15 is 0 Å². The van der Waals surface area contributed by atoms with Crippen LogP contribution in [0.2, 0.25) is 0 Å². The van der Waals surface area contributed by atoms with Gasteiger partial charge in [-0.05, 0) is 57.6 Å². The summed E-state index contributed by atoms with van der Waals surface area (Å²) in [6.07, 6.45) is 1.18. The average molecular weight is 262 g/mol. The maximum atomic E-state index is 3.64. The Labute approximate surface area is 119 Å². The molecule has 0 aromatic heterocycles. The summed E-state index contributed by atoms with van der Waals surface area (Å²) in [6, 6.07) is 7.28. The Morgan fingerprint density at radius 3 is 2.32 bits per heavy atom. The van der Waals surface area contributed by atoms with Gasteiger partial charge in [0.05, 0.1) is 0 Å². The van der Waals surface area contributed by atoms with Gasteiger partial charge in [0.25, 0.3) is 0 Å². The van der Waals surface area contributed by atoms with Gasteiger partial charge in [-0.25, -0.2) is 0 Å². The Bertz CT molecular complexity index is 370. The van der Waals surface area contributed by atoms with Gasteiger partial charge in [-0.3, -0.25) is 0 Å². The molecular weight excluding hydrogens is 232 g/mol. The van der Waals surface area contributed by atoms with Crippen LogP contribution in [0.1, 0.15) is 49.9 Å². The Kier molecular flexibility index (Phi) is 7.11. The molecule has 2 heteroatoms. The van der Waals surface area contributed by atoms with Crippen LogP contribution in [-0.4, -0.2) is 31.1 Å². The van der Waals surface area contributed by atoms with E-state index in [4.69, 9.17) is 0 Å². The third-order valence-corrected chi connectivity index (χ3v) is 3.88. The van der Waals surface area contributed by atoms with Crippen molar-refractivity contribution in [3.63, 3.8) is 0 Å². The largest absolute Gasteiger partial charge is 0.310 e. The van der Waals surface area contributed by atoms with Crippen molar-refractivity contribution in [3.8, 4) is 0 Å². The fourth-order valence-electron chi connectivity index (χ4n) is 2.68. The first kappa shape index (κ1) is 16.2. The fourth-order valence-corrected chi connectivity index (χ4v) is 2.68. The Hall–Kier alpha value is -0.860. The summed E-state index contributed by atoms with van der Waals surface area (Å²) in [5, 5.41) is 3.64. The second kappa shape index (κ2) is 8.34. The molecule has 0 aliphatic heterocycles. The summed E-state index contributed by atoms with van der Waals surface area (Å²) in [5.41, 5.74) is 4.21. The molecule has 19 heavy (non-hydrogen) atoms. The highest BCUT2D eigenvalue weighted by molar-refractivity contribution is 5.32. The lowest BCUT2D eigenvalue weighted by Gasteiger charge is -2.25. The molecule has 1 rings (SSSR count). The molecule has 0 saturated carbocycles. The topological polar surface area (TPSA) is 15.3 Å². The first-order chi connectivity index (χ1) is 9.12. The molecule has 108 valence electrons. The van der Waals surface area contributed by atoms with Gasteiger partial charge < -0.3 is 10.2 Å². The molecule has 0 saturated heterocycles. The number of rotatable bonds is 8. The molecule has 1 aromatic rings. The van der Waals surface area contributed by atoms with Crippen molar-refractivity contribution in [2.75, 3.05) is 26.2 Å². The summed E-state index contributed by atoms with van der Waals surface area (Å²) in [4.78, 5) is 2.49. The number of nitrogens with one attached hydrogen (secondary N) is 1. The fraction of sp³-hybridized carbons (Fsp3) is 0.647. The van der Waals surface area contributed by atoms with Gasteiger partial charge in [0, 0.05) is 6.04 Å². The van der Waals surface area contributed by atoms with Gasteiger partial charge in [0.15, 0.2) is 0 Å². The number of nitrogens with zero attached hydrogens (tertiary/aromatic N) is 1. The van der Waals surface area contributed by atoms with Crippen LogP contribution in [0.4, 0.5) is 0 Å². The number of benzene rings is 1. The monoisotopic (exact) mass is 262 g/mol. The highest BCUT2D eigenvalue weighted by Gasteiger charge is 2.13. The lowest BCUT2D eigenvalue weighted by Crippen LogP contribution is -2.29. The standard InChI is InChI=1S/C17H30N2/c1-6-18-17(11-12-19(7-2)8-3)16-10-9-14(4)13-15(16)5/h9-10,13,17-18H,6-8,11-12H2,1-5H3. The Morgan fingerprint density at radius 2 is 1.79 bits per heavy atom. The number of hydrogen-bond acceptors (Lipinski definition) is 2. The number of hydrogen-bond donors (Lipinski definition) is 1. The average Bonchev–Trinajstić information content (AvgIpc) is 2.39. The van der Waals surface area contributed by atoms with E-state index in [2.05, 4.69) is 63.0 Å². The SMILES string of the molecule is CCNC(CCN(CC)CC)c1ccc(C)cc1C. The molecule has 0 spiro atoms. The molecule has 1 atom stereocenters. The Balaban J connectivity index is 2.76. The van der Waals surface area contributed by atoms with Crippen LogP contribution in [-0.2, 0) is 0 Å². The van der Waals surface area contributed by atoms with Crippen molar-refractivity contribution in [2.24, 2.45) is 0 Å². The molecule has 0 aliphatic rings. The zero-order valence-corrected chi connectivity index (χ0v) is 13.3. The molecule has 1 aromatic carbocycles. The minimum absolute atomic E-state index is 0.478. The zero-order valence-electron chi connectivity index (χ0n) is 13.3.